The second-order valence-electron chi connectivity index (χ2n) is 12.6. The lowest BCUT2D eigenvalue weighted by atomic mass is 9.66. The third-order valence-corrected chi connectivity index (χ3v) is 11.7. The lowest BCUT2D eigenvalue weighted by molar-refractivity contribution is -0.144. The molecule has 6 rings (SSSR count). The highest BCUT2D eigenvalue weighted by molar-refractivity contribution is 8.02. The highest BCUT2D eigenvalue weighted by atomic mass is 32.2. The van der Waals surface area contributed by atoms with E-state index in [-0.39, 0.29) is 50.6 Å². The topological polar surface area (TPSA) is 121 Å². The van der Waals surface area contributed by atoms with Crippen molar-refractivity contribution < 1.29 is 24.2 Å². The first-order chi connectivity index (χ1) is 22.7. The number of fused-ring (bicyclic) bond motifs is 2. The van der Waals surface area contributed by atoms with E-state index < -0.39 is 27.4 Å². The number of rotatable bonds is 14. The average molecular weight is 659 g/mol. The van der Waals surface area contributed by atoms with Gasteiger partial charge in [0.05, 0.1) is 28.7 Å². The minimum atomic E-state index is -0.816. The number of hydrogen-bond donors (Lipinski definition) is 1. The average Bonchev–Trinajstić information content (AvgIpc) is 3.78. The zero-order valence-corrected chi connectivity index (χ0v) is 27.8. The molecule has 3 amide bonds. The minimum absolute atomic E-state index is 0.123. The van der Waals surface area contributed by atoms with Crippen molar-refractivity contribution in [2.24, 2.45) is 11.8 Å². The molecule has 4 heterocycles. The summed E-state index contributed by atoms with van der Waals surface area (Å²) in [6.07, 6.45) is 4.99. The number of amides is 3. The van der Waals surface area contributed by atoms with Gasteiger partial charge in [0.25, 0.3) is 0 Å². The molecule has 11 nitrogen and oxygen atoms in total. The number of anilines is 1. The van der Waals surface area contributed by atoms with E-state index in [9.17, 15) is 19.5 Å². The third-order valence-electron chi connectivity index (χ3n) is 9.76. The molecule has 1 aromatic heterocycles. The molecule has 47 heavy (non-hydrogen) atoms. The minimum Gasteiger partial charge on any atom is -0.494 e. The molecule has 3 fully saturated rings. The number of carbonyl (C=O) groups excluding carboxylic acids is 3. The van der Waals surface area contributed by atoms with Crippen molar-refractivity contribution in [3.05, 3.63) is 73.8 Å². The van der Waals surface area contributed by atoms with Crippen molar-refractivity contribution in [3.8, 4) is 5.75 Å². The number of carbonyl (C=O) groups is 3. The Balaban J connectivity index is 1.37. The zero-order chi connectivity index (χ0) is 33.3. The van der Waals surface area contributed by atoms with Crippen LogP contribution in [0.15, 0.2) is 73.8 Å². The van der Waals surface area contributed by atoms with Crippen LogP contribution < -0.4 is 9.64 Å². The summed E-state index contributed by atoms with van der Waals surface area (Å²) in [4.78, 5) is 49.0. The van der Waals surface area contributed by atoms with Crippen LogP contribution in [-0.4, -0.2) is 96.0 Å². The Morgan fingerprint density at radius 3 is 2.55 bits per heavy atom. The molecule has 3 aromatic rings. The van der Waals surface area contributed by atoms with Crippen LogP contribution in [0, 0.1) is 11.8 Å². The van der Waals surface area contributed by atoms with Crippen molar-refractivity contribution in [2.45, 2.75) is 55.3 Å². The van der Waals surface area contributed by atoms with E-state index in [4.69, 9.17) is 4.74 Å². The Kier molecular flexibility index (Phi) is 9.17. The smallest absolute Gasteiger partial charge is 0.248 e. The molecule has 0 saturated carbocycles. The van der Waals surface area contributed by atoms with Crippen LogP contribution in [0.1, 0.15) is 33.1 Å². The van der Waals surface area contributed by atoms with Crippen LogP contribution in [0.25, 0.3) is 11.0 Å². The second-order valence-corrected chi connectivity index (χ2v) is 14.5. The normalized spacial score (nSPS) is 26.0. The monoisotopic (exact) mass is 658 g/mol. The summed E-state index contributed by atoms with van der Waals surface area (Å²) in [5.74, 6) is -1.23. The van der Waals surface area contributed by atoms with Gasteiger partial charge < -0.3 is 24.5 Å². The van der Waals surface area contributed by atoms with E-state index in [1.54, 1.807) is 43.3 Å². The first-order valence-electron chi connectivity index (χ1n) is 16.2. The highest BCUT2D eigenvalue weighted by Gasteiger charge is 2.77. The van der Waals surface area contributed by atoms with Crippen LogP contribution in [-0.2, 0) is 21.1 Å². The maximum absolute atomic E-state index is 14.8. The van der Waals surface area contributed by atoms with Gasteiger partial charge >= 0.3 is 0 Å². The van der Waals surface area contributed by atoms with Gasteiger partial charge in [-0.1, -0.05) is 29.5 Å². The molecule has 1 spiro atoms. The lowest BCUT2D eigenvalue weighted by Crippen LogP contribution is -2.55. The molecular weight excluding hydrogens is 616 g/mol. The molecule has 2 aromatic carbocycles. The standard InChI is InChI=1S/C35H42N6O5S/c1-5-19-38(23-41-27-12-9-8-11-26(27)36-37-41)33(45)30-35-18-17-34(4,47-35)28(29(35)32(44)40(30)21-10-22-42)31(43)39(20-6-2)24-13-15-25(16-14-24)46-7-3/h5-6,8-9,11-16,28-30,42H,1-2,7,10,17-23H2,3-4H3/t28-,29-,30?,34+,35?/m0/s1. The Morgan fingerprint density at radius 2 is 1.85 bits per heavy atom. The number of thioether (sulfide) groups is 1. The van der Waals surface area contributed by atoms with E-state index in [0.717, 1.165) is 5.52 Å². The number of ether oxygens (including phenoxy) is 1. The largest absolute Gasteiger partial charge is 0.494 e. The predicted octanol–water partition coefficient (Wildman–Crippen LogP) is 3.89. The van der Waals surface area contributed by atoms with Crippen molar-refractivity contribution in [3.63, 3.8) is 0 Å². The summed E-state index contributed by atoms with van der Waals surface area (Å²) in [7, 11) is 0. The summed E-state index contributed by atoms with van der Waals surface area (Å²) < 4.78 is 5.94. The molecule has 1 N–H and O–H groups in total. The van der Waals surface area contributed by atoms with Crippen molar-refractivity contribution in [1.82, 2.24) is 24.8 Å². The Hall–Kier alpha value is -4.16. The first-order valence-corrected chi connectivity index (χ1v) is 17.0. The molecule has 2 bridgehead atoms. The van der Waals surface area contributed by atoms with Crippen LogP contribution in [0.2, 0.25) is 0 Å². The van der Waals surface area contributed by atoms with E-state index in [0.29, 0.717) is 42.8 Å². The maximum Gasteiger partial charge on any atom is 0.248 e. The predicted molar refractivity (Wildman–Crippen MR) is 182 cm³/mol. The summed E-state index contributed by atoms with van der Waals surface area (Å²) in [5.41, 5.74) is 2.20. The zero-order valence-electron chi connectivity index (χ0n) is 27.0. The number of hydrogen-bond acceptors (Lipinski definition) is 8. The van der Waals surface area contributed by atoms with Crippen LogP contribution >= 0.6 is 11.8 Å². The molecule has 3 aliphatic heterocycles. The molecular formula is C35H42N6O5S. The molecule has 3 saturated heterocycles. The van der Waals surface area contributed by atoms with E-state index in [1.165, 1.54) is 0 Å². The summed E-state index contributed by atoms with van der Waals surface area (Å²) >= 11 is 1.62. The second kappa shape index (κ2) is 13.2. The Morgan fingerprint density at radius 1 is 1.11 bits per heavy atom. The maximum atomic E-state index is 14.8. The molecule has 2 unspecified atom stereocenters. The van der Waals surface area contributed by atoms with Gasteiger partial charge in [-0.2, -0.15) is 0 Å². The molecule has 3 aliphatic rings. The molecule has 0 radical (unpaired) electrons. The van der Waals surface area contributed by atoms with Gasteiger partial charge in [-0.05, 0) is 69.5 Å². The molecule has 12 heteroatoms. The first kappa shape index (κ1) is 32.8. The number of aliphatic hydroxyl groups is 1. The number of para-hydroxylation sites is 1. The van der Waals surface area contributed by atoms with Crippen LogP contribution in [0.4, 0.5) is 5.69 Å². The van der Waals surface area contributed by atoms with Gasteiger partial charge in [0.2, 0.25) is 17.7 Å². The van der Waals surface area contributed by atoms with Gasteiger partial charge in [0, 0.05) is 36.7 Å². The summed E-state index contributed by atoms with van der Waals surface area (Å²) in [6.45, 7) is 13.0. The third kappa shape index (κ3) is 5.50. The highest BCUT2D eigenvalue weighted by Crippen LogP contribution is 2.71. The van der Waals surface area contributed by atoms with Gasteiger partial charge in [-0.15, -0.1) is 30.0 Å². The van der Waals surface area contributed by atoms with Crippen LogP contribution in [0.5, 0.6) is 5.75 Å². The Labute approximate surface area is 279 Å². The van der Waals surface area contributed by atoms with Gasteiger partial charge in [0.15, 0.2) is 0 Å². The van der Waals surface area contributed by atoms with Crippen molar-refractivity contribution >= 4 is 46.2 Å². The van der Waals surface area contributed by atoms with E-state index in [1.807, 2.05) is 55.5 Å². The van der Waals surface area contributed by atoms with Gasteiger partial charge in [-0.25, -0.2) is 4.68 Å². The van der Waals surface area contributed by atoms with Gasteiger partial charge in [-0.3, -0.25) is 14.4 Å². The SMILES string of the molecule is C=CCN(Cn1nnc2ccccc21)C(=O)C1N(CCCO)C(=O)[C@@H]2[C@@H](C(=O)N(CC=C)c3ccc(OCC)cc3)[C@@]3(C)CCC12S3. The summed E-state index contributed by atoms with van der Waals surface area (Å²) in [5, 5.41) is 18.3. The quantitative estimate of drug-likeness (QED) is 0.259. The Bertz CT molecular complexity index is 1680. The van der Waals surface area contributed by atoms with Crippen LogP contribution in [0.3, 0.4) is 0 Å². The lowest BCUT2D eigenvalue weighted by Gasteiger charge is -2.38. The molecule has 5 atom stereocenters. The van der Waals surface area contributed by atoms with E-state index >= 15 is 0 Å². The number of benzene rings is 2. The number of likely N-dealkylation sites (tertiary alicyclic amines) is 1. The van der Waals surface area contributed by atoms with Gasteiger partial charge in [0.1, 0.15) is 24.0 Å². The van der Waals surface area contributed by atoms with Crippen molar-refractivity contribution in [1.29, 1.82) is 0 Å². The number of nitrogens with zero attached hydrogens (tertiary/aromatic N) is 6. The molecule has 248 valence electrons. The number of aliphatic hydroxyl groups excluding tert-OH is 1. The fourth-order valence-corrected chi connectivity index (χ4v) is 10.1. The van der Waals surface area contributed by atoms with E-state index in [2.05, 4.69) is 30.4 Å². The number of aromatic nitrogens is 3. The fraction of sp³-hybridized carbons (Fsp3) is 0.457. The van der Waals surface area contributed by atoms with Crippen molar-refractivity contribution in [2.75, 3.05) is 37.7 Å². The fourth-order valence-electron chi connectivity index (χ4n) is 7.80. The summed E-state index contributed by atoms with van der Waals surface area (Å²) in [6, 6.07) is 14.1. The molecule has 0 aliphatic carbocycles.